The monoisotopic (exact) mass is 330 g/mol. The van der Waals surface area contributed by atoms with Crippen molar-refractivity contribution in [1.82, 2.24) is 15.0 Å². The summed E-state index contributed by atoms with van der Waals surface area (Å²) in [5.74, 6) is 1.87. The number of rotatable bonds is 4. The second-order valence-electron chi connectivity index (χ2n) is 6.56. The molecule has 2 aromatic heterocycles. The van der Waals surface area contributed by atoms with Gasteiger partial charge in [0, 0.05) is 41.9 Å². The van der Waals surface area contributed by atoms with Crippen molar-refractivity contribution in [1.29, 1.82) is 0 Å². The maximum Gasteiger partial charge on any atom is 0.136 e. The average molecular weight is 331 g/mol. The Balaban J connectivity index is 2.10. The molecule has 1 atom stereocenters. The van der Waals surface area contributed by atoms with Gasteiger partial charge in [0.2, 0.25) is 0 Å². The van der Waals surface area contributed by atoms with E-state index in [-0.39, 0.29) is 5.41 Å². The number of aryl methyl sites for hydroxylation is 2. The normalized spacial score (nSPS) is 20.0. The van der Waals surface area contributed by atoms with E-state index >= 15 is 0 Å². The van der Waals surface area contributed by atoms with E-state index in [4.69, 9.17) is 16.6 Å². The molecule has 122 valence electrons. The first-order chi connectivity index (χ1) is 11.0. The van der Waals surface area contributed by atoms with Crippen LogP contribution in [0.4, 0.5) is 11.5 Å². The van der Waals surface area contributed by atoms with Gasteiger partial charge in [-0.3, -0.25) is 0 Å². The maximum atomic E-state index is 6.15. The second-order valence-corrected chi connectivity index (χ2v) is 6.95. The second kappa shape index (κ2) is 6.08. The lowest BCUT2D eigenvalue weighted by molar-refractivity contribution is 0.489. The van der Waals surface area contributed by atoms with Crippen LogP contribution in [0.3, 0.4) is 0 Å². The van der Waals surface area contributed by atoms with Crippen LogP contribution in [0.1, 0.15) is 50.7 Å². The Morgan fingerprint density at radius 1 is 1.26 bits per heavy atom. The number of fused-ring (bicyclic) bond motifs is 1. The predicted octanol–water partition coefficient (Wildman–Crippen LogP) is 4.61. The molecular weight excluding hydrogens is 308 g/mol. The van der Waals surface area contributed by atoms with Crippen molar-refractivity contribution in [2.75, 3.05) is 11.4 Å². The maximum absolute atomic E-state index is 6.15. The molecule has 0 N–H and O–H groups in total. The van der Waals surface area contributed by atoms with Crippen LogP contribution >= 0.6 is 11.6 Å². The average Bonchev–Trinajstić information content (AvgIpc) is 2.80. The van der Waals surface area contributed by atoms with Crippen molar-refractivity contribution in [3.8, 4) is 0 Å². The lowest BCUT2D eigenvalue weighted by Gasteiger charge is -2.24. The van der Waals surface area contributed by atoms with Crippen LogP contribution in [-0.4, -0.2) is 21.5 Å². The fourth-order valence-corrected chi connectivity index (χ4v) is 3.37. The fourth-order valence-electron chi connectivity index (χ4n) is 3.22. The molecule has 3 heterocycles. The van der Waals surface area contributed by atoms with Gasteiger partial charge < -0.3 is 4.90 Å². The number of hydrogen-bond donors (Lipinski definition) is 0. The first kappa shape index (κ1) is 16.2. The first-order valence-electron chi connectivity index (χ1n) is 8.25. The minimum Gasteiger partial charge on any atom is -0.325 e. The Hall–Kier alpha value is -1.68. The molecule has 0 fully saturated rings. The van der Waals surface area contributed by atoms with Crippen LogP contribution in [0.2, 0.25) is 5.15 Å². The van der Waals surface area contributed by atoms with Crippen LogP contribution < -0.4 is 4.90 Å². The smallest absolute Gasteiger partial charge is 0.136 e. The van der Waals surface area contributed by atoms with Gasteiger partial charge >= 0.3 is 0 Å². The Kier molecular flexibility index (Phi) is 4.28. The summed E-state index contributed by atoms with van der Waals surface area (Å²) in [6, 6.07) is 4.01. The van der Waals surface area contributed by atoms with Gasteiger partial charge in [0.15, 0.2) is 0 Å². The highest BCUT2D eigenvalue weighted by molar-refractivity contribution is 6.29. The summed E-state index contributed by atoms with van der Waals surface area (Å²) in [4.78, 5) is 15.9. The predicted molar refractivity (Wildman–Crippen MR) is 94.7 cm³/mol. The number of hydrogen-bond acceptors (Lipinski definition) is 4. The summed E-state index contributed by atoms with van der Waals surface area (Å²) in [6.07, 6.45) is 4.91. The van der Waals surface area contributed by atoms with E-state index in [2.05, 4.69) is 41.7 Å². The summed E-state index contributed by atoms with van der Waals surface area (Å²) in [5, 5.41) is 0.522. The summed E-state index contributed by atoms with van der Waals surface area (Å²) in [5.41, 5.74) is 3.44. The molecule has 0 bridgehead atoms. The lowest BCUT2D eigenvalue weighted by atomic mass is 9.83. The van der Waals surface area contributed by atoms with Crippen LogP contribution in [0, 0.1) is 6.92 Å². The summed E-state index contributed by atoms with van der Waals surface area (Å²) >= 11 is 6.15. The van der Waals surface area contributed by atoms with E-state index in [1.54, 1.807) is 0 Å². The molecule has 1 aliphatic heterocycles. The van der Waals surface area contributed by atoms with Gasteiger partial charge in [0.1, 0.15) is 16.8 Å². The zero-order valence-corrected chi connectivity index (χ0v) is 15.0. The molecule has 0 aliphatic carbocycles. The molecule has 0 spiro atoms. The van der Waals surface area contributed by atoms with Crippen LogP contribution in [-0.2, 0) is 11.8 Å². The SMILES string of the molecule is CCCc1nc(C)cc(N2CC(C)(CC)c3cnc(Cl)cc32)n1. The first-order valence-corrected chi connectivity index (χ1v) is 8.62. The molecule has 2 aromatic rings. The lowest BCUT2D eigenvalue weighted by Crippen LogP contribution is -2.28. The Bertz CT molecular complexity index is 731. The van der Waals surface area contributed by atoms with Crippen molar-refractivity contribution in [2.45, 2.75) is 52.4 Å². The molecular formula is C18H23ClN4. The Labute approximate surface area is 142 Å². The third-order valence-corrected chi connectivity index (χ3v) is 4.92. The van der Waals surface area contributed by atoms with Gasteiger partial charge in [0.05, 0.1) is 5.69 Å². The van der Waals surface area contributed by atoms with Crippen molar-refractivity contribution < 1.29 is 0 Å². The van der Waals surface area contributed by atoms with Gasteiger partial charge in [-0.25, -0.2) is 15.0 Å². The molecule has 4 nitrogen and oxygen atoms in total. The zero-order chi connectivity index (χ0) is 16.6. The number of pyridine rings is 1. The third kappa shape index (κ3) is 2.92. The summed E-state index contributed by atoms with van der Waals surface area (Å²) in [6.45, 7) is 9.57. The van der Waals surface area contributed by atoms with E-state index in [9.17, 15) is 0 Å². The molecule has 0 amide bonds. The van der Waals surface area contributed by atoms with Crippen LogP contribution in [0.5, 0.6) is 0 Å². The number of anilines is 2. The molecule has 0 saturated heterocycles. The molecule has 0 saturated carbocycles. The summed E-state index contributed by atoms with van der Waals surface area (Å²) < 4.78 is 0. The molecule has 1 aliphatic rings. The number of halogens is 1. The minimum absolute atomic E-state index is 0.0662. The Morgan fingerprint density at radius 3 is 2.74 bits per heavy atom. The highest BCUT2D eigenvalue weighted by Gasteiger charge is 2.39. The number of aromatic nitrogens is 3. The number of nitrogens with zero attached hydrogens (tertiary/aromatic N) is 4. The highest BCUT2D eigenvalue weighted by atomic mass is 35.5. The van der Waals surface area contributed by atoms with E-state index in [0.29, 0.717) is 5.15 Å². The zero-order valence-electron chi connectivity index (χ0n) is 14.2. The summed E-state index contributed by atoms with van der Waals surface area (Å²) in [7, 11) is 0. The topological polar surface area (TPSA) is 41.9 Å². The van der Waals surface area contributed by atoms with E-state index in [1.165, 1.54) is 5.56 Å². The van der Waals surface area contributed by atoms with E-state index in [1.807, 2.05) is 19.2 Å². The van der Waals surface area contributed by atoms with Gasteiger partial charge in [-0.15, -0.1) is 0 Å². The van der Waals surface area contributed by atoms with Crippen molar-refractivity contribution in [3.05, 3.63) is 40.6 Å². The highest BCUT2D eigenvalue weighted by Crippen LogP contribution is 2.46. The van der Waals surface area contributed by atoms with Crippen molar-refractivity contribution in [2.24, 2.45) is 0 Å². The third-order valence-electron chi connectivity index (χ3n) is 4.71. The van der Waals surface area contributed by atoms with Crippen LogP contribution in [0.25, 0.3) is 0 Å². The largest absolute Gasteiger partial charge is 0.325 e. The van der Waals surface area contributed by atoms with E-state index in [0.717, 1.165) is 48.8 Å². The van der Waals surface area contributed by atoms with Crippen molar-refractivity contribution >= 4 is 23.1 Å². The van der Waals surface area contributed by atoms with Gasteiger partial charge in [-0.1, -0.05) is 32.4 Å². The van der Waals surface area contributed by atoms with Crippen LogP contribution in [0.15, 0.2) is 18.3 Å². The molecule has 3 rings (SSSR count). The molecule has 1 unspecified atom stereocenters. The van der Waals surface area contributed by atoms with Gasteiger partial charge in [0.25, 0.3) is 0 Å². The van der Waals surface area contributed by atoms with Gasteiger partial charge in [-0.2, -0.15) is 0 Å². The van der Waals surface area contributed by atoms with Gasteiger partial charge in [-0.05, 0) is 25.8 Å². The molecule has 0 radical (unpaired) electrons. The Morgan fingerprint density at radius 2 is 2.04 bits per heavy atom. The minimum atomic E-state index is 0.0662. The fraction of sp³-hybridized carbons (Fsp3) is 0.500. The molecule has 5 heteroatoms. The standard InChI is InChI=1S/C18H23ClN4/c1-5-7-16-21-12(3)8-17(22-16)23-11-18(4,6-2)13-10-20-15(19)9-14(13)23/h8-10H,5-7,11H2,1-4H3. The molecule has 0 aromatic carbocycles. The quantitative estimate of drug-likeness (QED) is 0.768. The molecule has 23 heavy (non-hydrogen) atoms. The van der Waals surface area contributed by atoms with E-state index < -0.39 is 0 Å². The van der Waals surface area contributed by atoms with Crippen molar-refractivity contribution in [3.63, 3.8) is 0 Å².